The Morgan fingerprint density at radius 2 is 1.94 bits per heavy atom. The van der Waals surface area contributed by atoms with Crippen LogP contribution in [-0.4, -0.2) is 22.9 Å². The van der Waals surface area contributed by atoms with Gasteiger partial charge in [0.2, 0.25) is 0 Å². The van der Waals surface area contributed by atoms with E-state index in [4.69, 9.17) is 11.6 Å². The van der Waals surface area contributed by atoms with Gasteiger partial charge in [-0.05, 0) is 18.2 Å². The van der Waals surface area contributed by atoms with Crippen LogP contribution in [0.4, 0.5) is 0 Å². The van der Waals surface area contributed by atoms with Crippen molar-refractivity contribution in [1.82, 2.24) is 15.1 Å². The van der Waals surface area contributed by atoms with Gasteiger partial charge in [0.25, 0.3) is 0 Å². The van der Waals surface area contributed by atoms with E-state index in [2.05, 4.69) is 10.4 Å². The molecule has 4 heteroatoms. The van der Waals surface area contributed by atoms with Gasteiger partial charge < -0.3 is 5.32 Å². The lowest BCUT2D eigenvalue weighted by Crippen LogP contribution is -2.43. The van der Waals surface area contributed by atoms with Gasteiger partial charge in [-0.3, -0.25) is 4.68 Å². The molecule has 2 heterocycles. The lowest BCUT2D eigenvalue weighted by Gasteiger charge is -2.27. The zero-order chi connectivity index (χ0) is 11.0. The number of nitrogens with one attached hydrogen (secondary N) is 1. The van der Waals surface area contributed by atoms with Crippen LogP contribution in [0.25, 0.3) is 11.3 Å². The molecule has 1 aromatic carbocycles. The predicted molar refractivity (Wildman–Crippen MR) is 64.6 cm³/mol. The Hall–Kier alpha value is -1.32. The van der Waals surface area contributed by atoms with Crippen molar-refractivity contribution in [3.63, 3.8) is 0 Å². The highest BCUT2D eigenvalue weighted by Gasteiger charge is 2.19. The van der Waals surface area contributed by atoms with Gasteiger partial charge in [-0.15, -0.1) is 0 Å². The summed E-state index contributed by atoms with van der Waals surface area (Å²) in [6.07, 6.45) is 2.04. The Labute approximate surface area is 99.0 Å². The second kappa shape index (κ2) is 3.92. The van der Waals surface area contributed by atoms with Crippen molar-refractivity contribution in [3.05, 3.63) is 41.6 Å². The number of rotatable bonds is 2. The van der Waals surface area contributed by atoms with Crippen LogP contribution in [0, 0.1) is 0 Å². The third-order valence-electron chi connectivity index (χ3n) is 2.88. The minimum Gasteiger partial charge on any atom is -0.312 e. The number of nitrogens with zero attached hydrogens (tertiary/aromatic N) is 2. The first kappa shape index (κ1) is 9.87. The summed E-state index contributed by atoms with van der Waals surface area (Å²) in [4.78, 5) is 0. The minimum atomic E-state index is 0.515. The number of hydrogen-bond acceptors (Lipinski definition) is 2. The highest BCUT2D eigenvalue weighted by molar-refractivity contribution is 6.30. The van der Waals surface area contributed by atoms with Crippen LogP contribution < -0.4 is 5.32 Å². The van der Waals surface area contributed by atoms with Crippen LogP contribution in [-0.2, 0) is 0 Å². The van der Waals surface area contributed by atoms with E-state index in [0.29, 0.717) is 6.04 Å². The molecule has 1 aliphatic rings. The number of hydrogen-bond donors (Lipinski definition) is 1. The molecule has 1 N–H and O–H groups in total. The summed E-state index contributed by atoms with van der Waals surface area (Å²) in [6, 6.07) is 10.3. The van der Waals surface area contributed by atoms with Gasteiger partial charge in [0.05, 0.1) is 11.7 Å². The maximum atomic E-state index is 5.85. The molecule has 0 atom stereocenters. The van der Waals surface area contributed by atoms with Crippen molar-refractivity contribution in [2.24, 2.45) is 0 Å². The molecule has 0 unspecified atom stereocenters. The fourth-order valence-corrected chi connectivity index (χ4v) is 1.90. The Balaban J connectivity index is 1.88. The van der Waals surface area contributed by atoms with Crippen molar-refractivity contribution >= 4 is 11.6 Å². The maximum Gasteiger partial charge on any atom is 0.0923 e. The first-order valence-corrected chi connectivity index (χ1v) is 5.72. The summed E-state index contributed by atoms with van der Waals surface area (Å²) in [5, 5.41) is 8.56. The number of aromatic nitrogens is 2. The molecule has 0 spiro atoms. The fourth-order valence-electron chi connectivity index (χ4n) is 1.78. The Bertz CT molecular complexity index is 485. The quantitative estimate of drug-likeness (QED) is 0.863. The van der Waals surface area contributed by atoms with Crippen LogP contribution in [0.2, 0.25) is 5.02 Å². The third-order valence-corrected chi connectivity index (χ3v) is 3.13. The highest BCUT2D eigenvalue weighted by atomic mass is 35.5. The third kappa shape index (κ3) is 1.72. The molecule has 82 valence electrons. The molecule has 1 aromatic heterocycles. The van der Waals surface area contributed by atoms with E-state index in [9.17, 15) is 0 Å². The minimum absolute atomic E-state index is 0.515. The summed E-state index contributed by atoms with van der Waals surface area (Å²) in [5.74, 6) is 0. The van der Waals surface area contributed by atoms with E-state index in [-0.39, 0.29) is 0 Å². The van der Waals surface area contributed by atoms with E-state index in [1.807, 2.05) is 41.2 Å². The summed E-state index contributed by atoms with van der Waals surface area (Å²) in [5.41, 5.74) is 2.11. The van der Waals surface area contributed by atoms with Gasteiger partial charge in [-0.1, -0.05) is 23.7 Å². The molecule has 16 heavy (non-hydrogen) atoms. The number of halogens is 1. The number of benzene rings is 1. The van der Waals surface area contributed by atoms with Gasteiger partial charge >= 0.3 is 0 Å². The molecule has 0 bridgehead atoms. The van der Waals surface area contributed by atoms with Crippen molar-refractivity contribution in [3.8, 4) is 11.3 Å². The van der Waals surface area contributed by atoms with E-state index in [1.54, 1.807) is 0 Å². The maximum absolute atomic E-state index is 5.85. The van der Waals surface area contributed by atoms with Crippen LogP contribution in [0.15, 0.2) is 36.5 Å². The van der Waals surface area contributed by atoms with Crippen LogP contribution in [0.3, 0.4) is 0 Å². The summed E-state index contributed by atoms with van der Waals surface area (Å²) in [6.45, 7) is 2.03. The Morgan fingerprint density at radius 3 is 2.56 bits per heavy atom. The standard InChI is InChI=1S/C12H12ClN3/c13-10-3-1-9(2-4-10)12-5-6-16(15-12)11-7-14-8-11/h1-6,11,14H,7-8H2. The van der Waals surface area contributed by atoms with Gasteiger partial charge in [-0.25, -0.2) is 0 Å². The van der Waals surface area contributed by atoms with Crippen LogP contribution in [0.5, 0.6) is 0 Å². The molecule has 2 aromatic rings. The topological polar surface area (TPSA) is 29.9 Å². The molecule has 3 rings (SSSR count). The van der Waals surface area contributed by atoms with E-state index < -0.39 is 0 Å². The summed E-state index contributed by atoms with van der Waals surface area (Å²) in [7, 11) is 0. The van der Waals surface area contributed by atoms with Crippen LogP contribution in [0.1, 0.15) is 6.04 Å². The molecule has 3 nitrogen and oxygen atoms in total. The molecule has 1 fully saturated rings. The average molecular weight is 234 g/mol. The second-order valence-electron chi connectivity index (χ2n) is 4.00. The van der Waals surface area contributed by atoms with Crippen molar-refractivity contribution in [2.45, 2.75) is 6.04 Å². The van der Waals surface area contributed by atoms with Crippen LogP contribution >= 0.6 is 11.6 Å². The largest absolute Gasteiger partial charge is 0.312 e. The molecule has 0 radical (unpaired) electrons. The van der Waals surface area contributed by atoms with Gasteiger partial charge in [0.1, 0.15) is 0 Å². The van der Waals surface area contributed by atoms with Crippen molar-refractivity contribution in [2.75, 3.05) is 13.1 Å². The molecule has 1 aliphatic heterocycles. The molecular weight excluding hydrogens is 222 g/mol. The zero-order valence-corrected chi connectivity index (χ0v) is 9.48. The van der Waals surface area contributed by atoms with Gasteiger partial charge in [-0.2, -0.15) is 5.10 Å². The second-order valence-corrected chi connectivity index (χ2v) is 4.44. The normalized spacial score (nSPS) is 16.1. The van der Waals surface area contributed by atoms with Gasteiger partial charge in [0.15, 0.2) is 0 Å². The summed E-state index contributed by atoms with van der Waals surface area (Å²) < 4.78 is 2.03. The highest BCUT2D eigenvalue weighted by Crippen LogP contribution is 2.21. The first-order valence-electron chi connectivity index (χ1n) is 5.35. The molecular formula is C12H12ClN3. The lowest BCUT2D eigenvalue weighted by molar-refractivity contribution is 0.318. The molecule has 0 amide bonds. The van der Waals surface area contributed by atoms with Gasteiger partial charge in [0, 0.05) is 29.9 Å². The predicted octanol–water partition coefficient (Wildman–Crippen LogP) is 2.35. The summed E-state index contributed by atoms with van der Waals surface area (Å²) >= 11 is 5.85. The Morgan fingerprint density at radius 1 is 1.19 bits per heavy atom. The SMILES string of the molecule is Clc1ccc(-c2ccn(C3CNC3)n2)cc1. The lowest BCUT2D eigenvalue weighted by atomic mass is 10.2. The monoisotopic (exact) mass is 233 g/mol. The van der Waals surface area contributed by atoms with Crippen molar-refractivity contribution in [1.29, 1.82) is 0 Å². The first-order chi connectivity index (χ1) is 7.83. The van der Waals surface area contributed by atoms with Crippen molar-refractivity contribution < 1.29 is 0 Å². The van der Waals surface area contributed by atoms with E-state index in [0.717, 1.165) is 29.4 Å². The fraction of sp³-hybridized carbons (Fsp3) is 0.250. The smallest absolute Gasteiger partial charge is 0.0923 e. The zero-order valence-electron chi connectivity index (χ0n) is 8.73. The Kier molecular flexibility index (Phi) is 2.42. The molecule has 0 aliphatic carbocycles. The molecule has 1 saturated heterocycles. The average Bonchev–Trinajstić information content (AvgIpc) is 2.65. The van der Waals surface area contributed by atoms with E-state index >= 15 is 0 Å². The molecule has 0 saturated carbocycles. The van der Waals surface area contributed by atoms with E-state index in [1.165, 1.54) is 0 Å².